The lowest BCUT2D eigenvalue weighted by Crippen LogP contribution is -2.58. The van der Waals surface area contributed by atoms with E-state index in [-0.39, 0.29) is 24.0 Å². The zero-order chi connectivity index (χ0) is 51.9. The molecule has 4 unspecified atom stereocenters. The fraction of sp³-hybridized carbons (Fsp3) is 0.709. The molecule has 0 N–H and O–H groups in total. The zero-order valence-corrected chi connectivity index (χ0v) is 44.4. The smallest absolute Gasteiger partial charge is 0.417 e. The fourth-order valence-corrected chi connectivity index (χ4v) is 10.8. The quantitative estimate of drug-likeness (QED) is 0.129. The summed E-state index contributed by atoms with van der Waals surface area (Å²) in [5.74, 6) is 0.574. The monoisotopic (exact) mass is 1020 g/mol. The summed E-state index contributed by atoms with van der Waals surface area (Å²) in [4.78, 5) is 63.9. The highest BCUT2D eigenvalue weighted by atomic mass is 16.7. The van der Waals surface area contributed by atoms with Gasteiger partial charge in [-0.05, 0) is 142 Å². The van der Waals surface area contributed by atoms with Crippen LogP contribution in [0.5, 0.6) is 11.5 Å². The Balaban J connectivity index is 0.851. The number of anilines is 2. The van der Waals surface area contributed by atoms with Crippen LogP contribution in [0.1, 0.15) is 159 Å². The van der Waals surface area contributed by atoms with E-state index in [1.54, 1.807) is 60.4 Å². The lowest BCUT2D eigenvalue weighted by molar-refractivity contribution is -0.202. The van der Waals surface area contributed by atoms with Crippen molar-refractivity contribution in [3.05, 3.63) is 47.5 Å². The van der Waals surface area contributed by atoms with Crippen molar-refractivity contribution in [1.82, 2.24) is 9.80 Å². The number of methoxy groups -OCH3 is 2. The van der Waals surface area contributed by atoms with E-state index >= 15 is 0 Å². The maximum atomic E-state index is 14.4. The molecule has 6 aliphatic heterocycles. The average Bonchev–Trinajstić information content (AvgIpc) is 3.94. The van der Waals surface area contributed by atoms with E-state index < -0.39 is 60.5 Å². The molecule has 6 aliphatic rings. The molecule has 4 amide bonds. The summed E-state index contributed by atoms with van der Waals surface area (Å²) < 4.78 is 61.9. The molecule has 18 heteroatoms. The summed E-state index contributed by atoms with van der Waals surface area (Å²) in [6.45, 7) is 13.9. The molecule has 6 heterocycles. The number of benzene rings is 2. The van der Waals surface area contributed by atoms with E-state index in [4.69, 9.17) is 47.4 Å². The molecule has 0 saturated carbocycles. The first-order valence-electron chi connectivity index (χ1n) is 26.8. The Morgan fingerprint density at radius 3 is 1.32 bits per heavy atom. The Bertz CT molecular complexity index is 2050. The van der Waals surface area contributed by atoms with Crippen molar-refractivity contribution < 1.29 is 66.5 Å². The van der Waals surface area contributed by atoms with Crippen molar-refractivity contribution in [2.24, 2.45) is 0 Å². The van der Waals surface area contributed by atoms with Gasteiger partial charge in [0.2, 0.25) is 0 Å². The first-order valence-corrected chi connectivity index (χ1v) is 26.8. The molecule has 2 aromatic rings. The van der Waals surface area contributed by atoms with Gasteiger partial charge in [0.1, 0.15) is 34.8 Å². The Kier molecular flexibility index (Phi) is 18.2. The summed E-state index contributed by atoms with van der Waals surface area (Å²) >= 11 is 0. The highest BCUT2D eigenvalue weighted by molar-refractivity contribution is 6.06. The second-order valence-corrected chi connectivity index (χ2v) is 22.0. The number of rotatable bonds is 18. The summed E-state index contributed by atoms with van der Waals surface area (Å²) in [7, 11) is 3.10. The van der Waals surface area contributed by atoms with Gasteiger partial charge in [0.15, 0.2) is 25.0 Å². The predicted molar refractivity (Wildman–Crippen MR) is 271 cm³/mol. The molecule has 73 heavy (non-hydrogen) atoms. The van der Waals surface area contributed by atoms with E-state index in [9.17, 15) is 19.2 Å². The van der Waals surface area contributed by atoms with Crippen molar-refractivity contribution in [2.45, 2.75) is 198 Å². The van der Waals surface area contributed by atoms with Gasteiger partial charge in [-0.25, -0.2) is 19.4 Å². The molecule has 0 spiro atoms. The van der Waals surface area contributed by atoms with Gasteiger partial charge in [-0.2, -0.15) is 0 Å². The van der Waals surface area contributed by atoms with Gasteiger partial charge in [0.05, 0.1) is 48.9 Å². The molecule has 8 atom stereocenters. The number of amides is 4. The summed E-state index contributed by atoms with van der Waals surface area (Å²) in [5, 5.41) is 0. The number of fused-ring (bicyclic) bond motifs is 4. The minimum atomic E-state index is -0.921. The number of carbonyl (C=O) groups excluding carboxylic acids is 4. The molecule has 4 saturated heterocycles. The van der Waals surface area contributed by atoms with Gasteiger partial charge < -0.3 is 57.2 Å². The number of hydrogen-bond donors (Lipinski definition) is 0. The van der Waals surface area contributed by atoms with Gasteiger partial charge in [-0.3, -0.25) is 9.59 Å². The summed E-state index contributed by atoms with van der Waals surface area (Å²) in [5.41, 5.74) is -0.146. The van der Waals surface area contributed by atoms with Gasteiger partial charge in [-0.15, -0.1) is 0 Å². The van der Waals surface area contributed by atoms with Crippen molar-refractivity contribution in [2.75, 3.05) is 63.5 Å². The Morgan fingerprint density at radius 1 is 0.562 bits per heavy atom. The third kappa shape index (κ3) is 13.2. The lowest BCUT2D eigenvalue weighted by Gasteiger charge is -2.40. The third-order valence-corrected chi connectivity index (χ3v) is 14.3. The Hall–Kier alpha value is -4.72. The van der Waals surface area contributed by atoms with Crippen LogP contribution in [0.2, 0.25) is 0 Å². The third-order valence-electron chi connectivity index (χ3n) is 14.3. The van der Waals surface area contributed by atoms with Crippen molar-refractivity contribution in [3.8, 4) is 11.5 Å². The standard InChI is InChI=1S/C55H80N4O14/c1-54(2,3)72-52(62)58-40-24-22-36(64-7)34-38(40)48(60)56-28-26-42(46(56)50(58)70-44-20-14-18-32-68-44)66-30-16-12-10-9-11-13-17-31-67-43-27-29-57-47(43)51(71-45-21-15-19-33-69-45)59(53(63)73-55(4,5)6)41-25-23-37(65-8)35-39(41)49(57)61/h22-25,34-35,42-47,50-51H,9-21,26-33H2,1-8H3/t42?,43?,44?,45?,46-,47-,50-,51-/m0/s1. The Morgan fingerprint density at radius 2 is 0.959 bits per heavy atom. The molecule has 18 nitrogen and oxygen atoms in total. The van der Waals surface area contributed by atoms with Crippen molar-refractivity contribution in [1.29, 1.82) is 0 Å². The van der Waals surface area contributed by atoms with E-state index in [0.29, 0.717) is 99.2 Å². The number of unbranched alkanes of at least 4 members (excludes halogenated alkanes) is 6. The van der Waals surface area contributed by atoms with Crippen molar-refractivity contribution in [3.63, 3.8) is 0 Å². The number of nitrogens with zero attached hydrogens (tertiary/aromatic N) is 4. The van der Waals surface area contributed by atoms with Gasteiger partial charge in [0, 0.05) is 39.5 Å². The highest BCUT2D eigenvalue weighted by Gasteiger charge is 2.54. The minimum absolute atomic E-state index is 0.218. The first-order chi connectivity index (χ1) is 35.0. The first kappa shape index (κ1) is 54.5. The second-order valence-electron chi connectivity index (χ2n) is 22.0. The highest BCUT2D eigenvalue weighted by Crippen LogP contribution is 2.42. The van der Waals surface area contributed by atoms with Crippen LogP contribution in [0.15, 0.2) is 36.4 Å². The SMILES string of the molecule is COc1ccc2c(c1)C(=O)N1CCC(OCCCCCCCCCOC3CCN4C(=O)c5cc(OC)ccc5N(C(=O)OC(C)(C)C)[C@@H](OC5CCCCO5)[C@H]34)[C@H]1[C@H](OC1CCCCO1)N2C(=O)OC(C)(C)C. The normalized spacial score (nSPS) is 26.4. The maximum absolute atomic E-state index is 14.4. The van der Waals surface area contributed by atoms with E-state index in [1.165, 1.54) is 9.80 Å². The molecule has 4 fully saturated rings. The van der Waals surface area contributed by atoms with Crippen LogP contribution >= 0.6 is 0 Å². The van der Waals surface area contributed by atoms with Crippen LogP contribution in [0.4, 0.5) is 21.0 Å². The van der Waals surface area contributed by atoms with E-state index in [1.807, 2.05) is 41.5 Å². The van der Waals surface area contributed by atoms with Gasteiger partial charge in [0.25, 0.3) is 11.8 Å². The lowest BCUT2D eigenvalue weighted by atomic mass is 10.1. The topological polar surface area (TPSA) is 174 Å². The van der Waals surface area contributed by atoms with Crippen LogP contribution in [-0.2, 0) is 37.9 Å². The van der Waals surface area contributed by atoms with Crippen LogP contribution in [0.25, 0.3) is 0 Å². The summed E-state index contributed by atoms with van der Waals surface area (Å²) in [6.07, 6.45) is 8.06. The van der Waals surface area contributed by atoms with Gasteiger partial charge >= 0.3 is 12.2 Å². The molecule has 2 aromatic carbocycles. The van der Waals surface area contributed by atoms with Crippen molar-refractivity contribution >= 4 is 35.4 Å². The van der Waals surface area contributed by atoms with Crippen LogP contribution in [-0.4, -0.2) is 148 Å². The summed E-state index contributed by atoms with van der Waals surface area (Å²) in [6, 6.07) is 9.07. The zero-order valence-electron chi connectivity index (χ0n) is 44.4. The maximum Gasteiger partial charge on any atom is 0.417 e. The Labute approximate surface area is 431 Å². The van der Waals surface area contributed by atoms with Gasteiger partial charge in [-0.1, -0.05) is 32.1 Å². The molecular formula is C55H80N4O14. The molecule has 8 rings (SSSR count). The molecule has 0 bridgehead atoms. The molecular weight excluding hydrogens is 941 g/mol. The second kappa shape index (κ2) is 24.3. The van der Waals surface area contributed by atoms with Crippen LogP contribution in [0.3, 0.4) is 0 Å². The minimum Gasteiger partial charge on any atom is -0.497 e. The molecule has 0 aromatic heterocycles. The fourth-order valence-electron chi connectivity index (χ4n) is 10.8. The molecule has 0 radical (unpaired) electrons. The largest absolute Gasteiger partial charge is 0.497 e. The average molecular weight is 1020 g/mol. The molecule has 404 valence electrons. The van der Waals surface area contributed by atoms with E-state index in [0.717, 1.165) is 70.6 Å². The predicted octanol–water partition coefficient (Wildman–Crippen LogP) is 9.58. The van der Waals surface area contributed by atoms with Crippen LogP contribution in [0, 0.1) is 0 Å². The number of carbonyl (C=O) groups is 4. The van der Waals surface area contributed by atoms with E-state index in [2.05, 4.69) is 0 Å². The molecule has 0 aliphatic carbocycles. The number of hydrogen-bond acceptors (Lipinski definition) is 14. The number of ether oxygens (including phenoxy) is 10. The van der Waals surface area contributed by atoms with Crippen LogP contribution < -0.4 is 19.3 Å².